The third-order valence-electron chi connectivity index (χ3n) is 3.69. The average Bonchev–Trinajstić information content (AvgIpc) is 2.53. The number of amides is 1. The highest BCUT2D eigenvalue weighted by atomic mass is 16.5. The van der Waals surface area contributed by atoms with Crippen LogP contribution in [0.3, 0.4) is 0 Å². The number of methoxy groups -OCH3 is 1. The summed E-state index contributed by atoms with van der Waals surface area (Å²) in [5, 5.41) is 0. The topological polar surface area (TPSA) is 62.7 Å². The van der Waals surface area contributed by atoms with E-state index in [4.69, 9.17) is 4.74 Å². The Morgan fingerprint density at radius 2 is 2.19 bits per heavy atom. The smallest absolute Gasteiger partial charge is 0.310 e. The standard InChI is InChI=1S/C15H21N3O3/c1-17(2)13-9-11(6-7-16-13)14(19)18-8-4-5-12(10-18)15(20)21-3/h6-7,9,12H,4-5,8,10H2,1-3H3/t12-/m0/s1. The number of anilines is 1. The average molecular weight is 291 g/mol. The fourth-order valence-corrected chi connectivity index (χ4v) is 2.50. The van der Waals surface area contributed by atoms with Gasteiger partial charge in [-0.05, 0) is 25.0 Å². The highest BCUT2D eigenvalue weighted by Gasteiger charge is 2.29. The van der Waals surface area contributed by atoms with Crippen molar-refractivity contribution in [1.82, 2.24) is 9.88 Å². The third-order valence-corrected chi connectivity index (χ3v) is 3.69. The van der Waals surface area contributed by atoms with Crippen molar-refractivity contribution in [2.24, 2.45) is 5.92 Å². The molecule has 0 aliphatic carbocycles. The number of ether oxygens (including phenoxy) is 1. The summed E-state index contributed by atoms with van der Waals surface area (Å²) in [6.07, 6.45) is 3.22. The molecule has 1 fully saturated rings. The lowest BCUT2D eigenvalue weighted by Crippen LogP contribution is -2.42. The molecule has 6 nitrogen and oxygen atoms in total. The van der Waals surface area contributed by atoms with E-state index in [1.165, 1.54) is 7.11 Å². The number of pyridine rings is 1. The molecule has 114 valence electrons. The summed E-state index contributed by atoms with van der Waals surface area (Å²) in [6, 6.07) is 3.47. The van der Waals surface area contributed by atoms with E-state index in [-0.39, 0.29) is 17.8 Å². The molecule has 1 atom stereocenters. The molecule has 0 N–H and O–H groups in total. The molecule has 1 aliphatic heterocycles. The maximum Gasteiger partial charge on any atom is 0.310 e. The molecular formula is C15H21N3O3. The van der Waals surface area contributed by atoms with Crippen molar-refractivity contribution >= 4 is 17.7 Å². The number of esters is 1. The Kier molecular flexibility index (Phi) is 4.77. The number of hydrogen-bond donors (Lipinski definition) is 0. The summed E-state index contributed by atoms with van der Waals surface area (Å²) >= 11 is 0. The quantitative estimate of drug-likeness (QED) is 0.782. The first-order chi connectivity index (χ1) is 10.0. The molecule has 0 radical (unpaired) electrons. The lowest BCUT2D eigenvalue weighted by molar-refractivity contribution is -0.146. The van der Waals surface area contributed by atoms with Crippen molar-refractivity contribution in [2.45, 2.75) is 12.8 Å². The van der Waals surface area contributed by atoms with Gasteiger partial charge in [-0.2, -0.15) is 0 Å². The van der Waals surface area contributed by atoms with Gasteiger partial charge in [0.2, 0.25) is 0 Å². The fourth-order valence-electron chi connectivity index (χ4n) is 2.50. The van der Waals surface area contributed by atoms with Gasteiger partial charge in [0.05, 0.1) is 13.0 Å². The Morgan fingerprint density at radius 1 is 1.43 bits per heavy atom. The van der Waals surface area contributed by atoms with Crippen LogP contribution in [-0.2, 0) is 9.53 Å². The predicted molar refractivity (Wildman–Crippen MR) is 79.2 cm³/mol. The molecule has 1 aromatic heterocycles. The minimum Gasteiger partial charge on any atom is -0.469 e. The van der Waals surface area contributed by atoms with Crippen molar-refractivity contribution < 1.29 is 14.3 Å². The van der Waals surface area contributed by atoms with Gasteiger partial charge in [0.1, 0.15) is 5.82 Å². The second-order valence-electron chi connectivity index (χ2n) is 5.41. The van der Waals surface area contributed by atoms with Gasteiger partial charge < -0.3 is 14.5 Å². The highest BCUT2D eigenvalue weighted by molar-refractivity contribution is 5.95. The maximum atomic E-state index is 12.6. The van der Waals surface area contributed by atoms with Crippen LogP contribution in [-0.4, -0.2) is 56.1 Å². The second-order valence-corrected chi connectivity index (χ2v) is 5.41. The molecule has 6 heteroatoms. The first kappa shape index (κ1) is 15.3. The number of carbonyl (C=O) groups is 2. The number of likely N-dealkylation sites (tertiary alicyclic amines) is 1. The minimum atomic E-state index is -0.240. The van der Waals surface area contributed by atoms with Crippen molar-refractivity contribution in [3.63, 3.8) is 0 Å². The van der Waals surface area contributed by atoms with E-state index in [2.05, 4.69) is 4.98 Å². The number of rotatable bonds is 3. The minimum absolute atomic E-state index is 0.0610. The molecule has 0 spiro atoms. The summed E-state index contributed by atoms with van der Waals surface area (Å²) in [5.41, 5.74) is 0.596. The van der Waals surface area contributed by atoms with Crippen LogP contribution in [0.5, 0.6) is 0 Å². The molecule has 2 heterocycles. The van der Waals surface area contributed by atoms with Gasteiger partial charge in [0.25, 0.3) is 5.91 Å². The van der Waals surface area contributed by atoms with Gasteiger partial charge in [-0.25, -0.2) is 4.98 Å². The normalized spacial score (nSPS) is 18.2. The van der Waals surface area contributed by atoms with Crippen LogP contribution in [0.25, 0.3) is 0 Å². The van der Waals surface area contributed by atoms with Gasteiger partial charge in [-0.3, -0.25) is 9.59 Å². The van der Waals surface area contributed by atoms with E-state index in [1.807, 2.05) is 19.0 Å². The Labute approximate surface area is 124 Å². The number of carbonyl (C=O) groups excluding carboxylic acids is 2. The SMILES string of the molecule is COC(=O)[C@H]1CCCN(C(=O)c2ccnc(N(C)C)c2)C1. The summed E-state index contributed by atoms with van der Waals surface area (Å²) in [5.74, 6) is 0.218. The van der Waals surface area contributed by atoms with Gasteiger partial charge in [-0.15, -0.1) is 0 Å². The van der Waals surface area contributed by atoms with Crippen molar-refractivity contribution in [3.8, 4) is 0 Å². The molecule has 1 aliphatic rings. The Hall–Kier alpha value is -2.11. The summed E-state index contributed by atoms with van der Waals surface area (Å²) in [6.45, 7) is 1.09. The zero-order valence-corrected chi connectivity index (χ0v) is 12.7. The van der Waals surface area contributed by atoms with Crippen LogP contribution < -0.4 is 4.90 Å². The van der Waals surface area contributed by atoms with Crippen LogP contribution >= 0.6 is 0 Å². The molecule has 1 aromatic rings. The van der Waals surface area contributed by atoms with Crippen molar-refractivity contribution in [2.75, 3.05) is 39.2 Å². The highest BCUT2D eigenvalue weighted by Crippen LogP contribution is 2.20. The number of nitrogens with zero attached hydrogens (tertiary/aromatic N) is 3. The van der Waals surface area contributed by atoms with E-state index >= 15 is 0 Å². The molecule has 21 heavy (non-hydrogen) atoms. The molecule has 1 saturated heterocycles. The fraction of sp³-hybridized carbons (Fsp3) is 0.533. The molecule has 0 bridgehead atoms. The van der Waals surface area contributed by atoms with Gasteiger partial charge in [0, 0.05) is 38.9 Å². The van der Waals surface area contributed by atoms with E-state index in [0.29, 0.717) is 18.7 Å². The van der Waals surface area contributed by atoms with Gasteiger partial charge >= 0.3 is 5.97 Å². The Morgan fingerprint density at radius 3 is 2.86 bits per heavy atom. The molecule has 1 amide bonds. The van der Waals surface area contributed by atoms with Gasteiger partial charge in [0.15, 0.2) is 0 Å². The first-order valence-electron chi connectivity index (χ1n) is 7.03. The van der Waals surface area contributed by atoms with Crippen molar-refractivity contribution in [3.05, 3.63) is 23.9 Å². The van der Waals surface area contributed by atoms with Crippen molar-refractivity contribution in [1.29, 1.82) is 0 Å². The number of piperidine rings is 1. The number of aromatic nitrogens is 1. The molecule has 2 rings (SSSR count). The molecule has 0 saturated carbocycles. The van der Waals surface area contributed by atoms with E-state index in [1.54, 1.807) is 23.2 Å². The Balaban J connectivity index is 2.12. The third kappa shape index (κ3) is 3.51. The zero-order valence-electron chi connectivity index (χ0n) is 12.7. The molecule has 0 aromatic carbocycles. The van der Waals surface area contributed by atoms with Crippen LogP contribution in [0.15, 0.2) is 18.3 Å². The van der Waals surface area contributed by atoms with E-state index < -0.39 is 0 Å². The Bertz CT molecular complexity index is 531. The molecular weight excluding hydrogens is 270 g/mol. The van der Waals surface area contributed by atoms with Crippen LogP contribution in [0.4, 0.5) is 5.82 Å². The van der Waals surface area contributed by atoms with Gasteiger partial charge in [-0.1, -0.05) is 0 Å². The monoisotopic (exact) mass is 291 g/mol. The largest absolute Gasteiger partial charge is 0.469 e. The predicted octanol–water partition coefficient (Wildman–Crippen LogP) is 1.17. The summed E-state index contributed by atoms with van der Waals surface area (Å²) in [4.78, 5) is 32.0. The van der Waals surface area contributed by atoms with Crippen LogP contribution in [0.1, 0.15) is 23.2 Å². The summed E-state index contributed by atoms with van der Waals surface area (Å²) in [7, 11) is 5.14. The lowest BCUT2D eigenvalue weighted by Gasteiger charge is -2.31. The van der Waals surface area contributed by atoms with Crippen LogP contribution in [0.2, 0.25) is 0 Å². The number of hydrogen-bond acceptors (Lipinski definition) is 5. The molecule has 0 unspecified atom stereocenters. The zero-order chi connectivity index (χ0) is 15.4. The summed E-state index contributed by atoms with van der Waals surface area (Å²) < 4.78 is 4.78. The van der Waals surface area contributed by atoms with E-state index in [0.717, 1.165) is 18.7 Å². The van der Waals surface area contributed by atoms with Crippen LogP contribution in [0, 0.1) is 5.92 Å². The lowest BCUT2D eigenvalue weighted by atomic mass is 9.97. The van der Waals surface area contributed by atoms with E-state index in [9.17, 15) is 9.59 Å². The maximum absolute atomic E-state index is 12.6. The first-order valence-corrected chi connectivity index (χ1v) is 7.03. The second kappa shape index (κ2) is 6.56.